The largest absolute Gasteiger partial charge is 0.345 e. The predicted molar refractivity (Wildman–Crippen MR) is 50.0 cm³/mol. The summed E-state index contributed by atoms with van der Waals surface area (Å²) in [6.07, 6.45) is 6.13. The molecule has 0 aromatic carbocycles. The molecule has 0 fully saturated rings. The van der Waals surface area contributed by atoms with Crippen molar-refractivity contribution in [2.75, 3.05) is 6.67 Å². The first-order valence-corrected chi connectivity index (χ1v) is 4.29. The highest BCUT2D eigenvalue weighted by Gasteiger charge is 2.21. The van der Waals surface area contributed by atoms with Crippen molar-refractivity contribution in [3.05, 3.63) is 23.8 Å². The van der Waals surface area contributed by atoms with Crippen LogP contribution in [0.4, 0.5) is 4.39 Å². The molecule has 0 aromatic rings. The molecule has 0 unspecified atom stereocenters. The van der Waals surface area contributed by atoms with Gasteiger partial charge in [0.05, 0.1) is 5.54 Å². The van der Waals surface area contributed by atoms with Crippen LogP contribution in [0.1, 0.15) is 20.3 Å². The molecule has 0 bridgehead atoms. The number of hydrogen-bond acceptors (Lipinski definition) is 1. The van der Waals surface area contributed by atoms with Gasteiger partial charge in [0.25, 0.3) is 0 Å². The van der Waals surface area contributed by atoms with E-state index in [2.05, 4.69) is 5.32 Å². The van der Waals surface area contributed by atoms with Gasteiger partial charge in [-0.3, -0.25) is 4.79 Å². The van der Waals surface area contributed by atoms with Crippen LogP contribution in [0.5, 0.6) is 0 Å². The van der Waals surface area contributed by atoms with Crippen LogP contribution in [0.3, 0.4) is 0 Å². The fraction of sp³-hybridized carbons (Fsp3) is 0.500. The van der Waals surface area contributed by atoms with E-state index in [4.69, 9.17) is 0 Å². The van der Waals surface area contributed by atoms with Gasteiger partial charge in [-0.15, -0.1) is 0 Å². The molecule has 1 rings (SSSR count). The Morgan fingerprint density at radius 3 is 2.85 bits per heavy atom. The Morgan fingerprint density at radius 2 is 2.38 bits per heavy atom. The van der Waals surface area contributed by atoms with E-state index in [1.165, 1.54) is 0 Å². The molecule has 0 aliphatic heterocycles. The van der Waals surface area contributed by atoms with Gasteiger partial charge in [0.1, 0.15) is 6.67 Å². The lowest BCUT2D eigenvalue weighted by Crippen LogP contribution is -2.45. The molecule has 72 valence electrons. The smallest absolute Gasteiger partial charge is 0.248 e. The van der Waals surface area contributed by atoms with E-state index >= 15 is 0 Å². The molecule has 0 radical (unpaired) electrons. The Balaban J connectivity index is 2.51. The van der Waals surface area contributed by atoms with Crippen molar-refractivity contribution in [2.45, 2.75) is 25.8 Å². The number of allylic oxidation sites excluding steroid dienone is 3. The minimum atomic E-state index is -0.763. The lowest BCUT2D eigenvalue weighted by molar-refractivity contribution is -0.119. The maximum absolute atomic E-state index is 12.4. The summed E-state index contributed by atoms with van der Waals surface area (Å²) in [4.78, 5) is 11.4. The monoisotopic (exact) mass is 183 g/mol. The number of carbonyl (C=O) groups is 1. The SMILES string of the molecule is CC(C)(CF)NC(=O)C1=CC=CC1. The maximum Gasteiger partial charge on any atom is 0.248 e. The Bertz CT molecular complexity index is 266. The van der Waals surface area contributed by atoms with Gasteiger partial charge in [0, 0.05) is 5.57 Å². The van der Waals surface area contributed by atoms with Crippen molar-refractivity contribution in [1.29, 1.82) is 0 Å². The molecule has 13 heavy (non-hydrogen) atoms. The van der Waals surface area contributed by atoms with Gasteiger partial charge in [-0.25, -0.2) is 4.39 Å². The number of carbonyl (C=O) groups excluding carboxylic acids is 1. The van der Waals surface area contributed by atoms with E-state index in [0.717, 1.165) is 0 Å². The highest BCUT2D eigenvalue weighted by Crippen LogP contribution is 2.12. The summed E-state index contributed by atoms with van der Waals surface area (Å²) in [5.41, 5.74) is -0.0675. The molecule has 1 aliphatic carbocycles. The molecular formula is C10H14FNO. The number of amides is 1. The second-order valence-electron chi connectivity index (χ2n) is 3.80. The molecule has 0 saturated heterocycles. The first-order valence-electron chi connectivity index (χ1n) is 4.29. The molecule has 3 heteroatoms. The van der Waals surface area contributed by atoms with Crippen LogP contribution in [-0.4, -0.2) is 18.1 Å². The third-order valence-electron chi connectivity index (χ3n) is 1.85. The molecule has 1 aliphatic rings. The van der Waals surface area contributed by atoms with Crippen LogP contribution in [-0.2, 0) is 4.79 Å². The highest BCUT2D eigenvalue weighted by atomic mass is 19.1. The zero-order valence-corrected chi connectivity index (χ0v) is 7.93. The summed E-state index contributed by atoms with van der Waals surface area (Å²) in [5, 5.41) is 2.63. The normalized spacial score (nSPS) is 15.8. The van der Waals surface area contributed by atoms with E-state index in [1.807, 2.05) is 12.2 Å². The van der Waals surface area contributed by atoms with Crippen molar-refractivity contribution in [3.8, 4) is 0 Å². The molecule has 0 spiro atoms. The first kappa shape index (κ1) is 9.96. The number of halogens is 1. The van der Waals surface area contributed by atoms with Gasteiger partial charge in [-0.1, -0.05) is 18.2 Å². The van der Waals surface area contributed by atoms with Gasteiger partial charge >= 0.3 is 0 Å². The van der Waals surface area contributed by atoms with Crippen LogP contribution in [0.2, 0.25) is 0 Å². The van der Waals surface area contributed by atoms with Crippen molar-refractivity contribution < 1.29 is 9.18 Å². The summed E-state index contributed by atoms with van der Waals surface area (Å²) < 4.78 is 12.4. The third-order valence-corrected chi connectivity index (χ3v) is 1.85. The molecule has 0 saturated carbocycles. The van der Waals surface area contributed by atoms with Gasteiger partial charge < -0.3 is 5.32 Å². The van der Waals surface area contributed by atoms with Gasteiger partial charge in [0.15, 0.2) is 0 Å². The zero-order valence-electron chi connectivity index (χ0n) is 7.93. The summed E-state index contributed by atoms with van der Waals surface area (Å²) in [6.45, 7) is 2.77. The Labute approximate surface area is 77.5 Å². The van der Waals surface area contributed by atoms with Crippen molar-refractivity contribution in [3.63, 3.8) is 0 Å². The van der Waals surface area contributed by atoms with Crippen LogP contribution < -0.4 is 5.32 Å². The average Bonchev–Trinajstić information content (AvgIpc) is 2.55. The number of alkyl halides is 1. The second-order valence-corrected chi connectivity index (χ2v) is 3.80. The summed E-state index contributed by atoms with van der Waals surface area (Å²) in [7, 11) is 0. The minimum absolute atomic E-state index is 0.173. The Morgan fingerprint density at radius 1 is 1.69 bits per heavy atom. The molecule has 1 N–H and O–H groups in total. The molecule has 2 nitrogen and oxygen atoms in total. The molecular weight excluding hydrogens is 169 g/mol. The van der Waals surface area contributed by atoms with E-state index in [-0.39, 0.29) is 5.91 Å². The van der Waals surface area contributed by atoms with Crippen molar-refractivity contribution >= 4 is 5.91 Å². The second kappa shape index (κ2) is 3.73. The molecule has 0 atom stereocenters. The average molecular weight is 183 g/mol. The number of hydrogen-bond donors (Lipinski definition) is 1. The Hall–Kier alpha value is -1.12. The quantitative estimate of drug-likeness (QED) is 0.709. The fourth-order valence-corrected chi connectivity index (χ4v) is 1.04. The van der Waals surface area contributed by atoms with E-state index in [1.54, 1.807) is 19.9 Å². The van der Waals surface area contributed by atoms with E-state index in [9.17, 15) is 9.18 Å². The lowest BCUT2D eigenvalue weighted by atomic mass is 10.1. The van der Waals surface area contributed by atoms with Crippen LogP contribution in [0, 0.1) is 0 Å². The van der Waals surface area contributed by atoms with Crippen LogP contribution in [0.15, 0.2) is 23.8 Å². The van der Waals surface area contributed by atoms with E-state index < -0.39 is 12.2 Å². The number of nitrogens with one attached hydrogen (secondary N) is 1. The van der Waals surface area contributed by atoms with Crippen molar-refractivity contribution in [2.24, 2.45) is 0 Å². The maximum atomic E-state index is 12.4. The van der Waals surface area contributed by atoms with Crippen LogP contribution in [0.25, 0.3) is 0 Å². The molecule has 1 amide bonds. The lowest BCUT2D eigenvalue weighted by Gasteiger charge is -2.22. The van der Waals surface area contributed by atoms with Gasteiger partial charge in [0.2, 0.25) is 5.91 Å². The van der Waals surface area contributed by atoms with Gasteiger partial charge in [-0.2, -0.15) is 0 Å². The standard InChI is InChI=1S/C10H14FNO/c1-10(2,7-11)12-9(13)8-5-3-4-6-8/h3-5H,6-7H2,1-2H3,(H,12,13). The minimum Gasteiger partial charge on any atom is -0.345 e. The summed E-state index contributed by atoms with van der Waals surface area (Å²) in [5.74, 6) is -0.173. The van der Waals surface area contributed by atoms with Crippen molar-refractivity contribution in [1.82, 2.24) is 5.32 Å². The highest BCUT2D eigenvalue weighted by molar-refractivity contribution is 5.95. The van der Waals surface area contributed by atoms with Crippen LogP contribution >= 0.6 is 0 Å². The Kier molecular flexibility index (Phi) is 2.86. The summed E-state index contributed by atoms with van der Waals surface area (Å²) in [6, 6.07) is 0. The first-order chi connectivity index (χ1) is 6.05. The number of rotatable bonds is 3. The summed E-state index contributed by atoms with van der Waals surface area (Å²) >= 11 is 0. The van der Waals surface area contributed by atoms with E-state index in [0.29, 0.717) is 12.0 Å². The third kappa shape index (κ3) is 2.68. The molecule has 0 heterocycles. The predicted octanol–water partition coefficient (Wildman–Crippen LogP) is 1.74. The molecule has 0 aromatic heterocycles. The topological polar surface area (TPSA) is 29.1 Å². The fourth-order valence-electron chi connectivity index (χ4n) is 1.04. The zero-order chi connectivity index (χ0) is 9.90. The van der Waals surface area contributed by atoms with Gasteiger partial charge in [-0.05, 0) is 20.3 Å².